The molecule has 0 aromatic carbocycles. The Bertz CT molecular complexity index is 208. The second kappa shape index (κ2) is 4.99. The number of hydrogen-bond acceptors (Lipinski definition) is 2. The molecule has 0 bridgehead atoms. The Hall–Kier alpha value is 0.457. The molecule has 0 heterocycles. The number of esters is 1. The third-order valence-corrected chi connectivity index (χ3v) is 4.98. The van der Waals surface area contributed by atoms with Crippen molar-refractivity contribution in [1.29, 1.82) is 0 Å². The Kier molecular flexibility index (Phi) is 5.15. The lowest BCUT2D eigenvalue weighted by atomic mass is 10.2. The molecule has 2 nitrogen and oxygen atoms in total. The van der Waals surface area contributed by atoms with Gasteiger partial charge in [-0.15, -0.1) is 0 Å². The summed E-state index contributed by atoms with van der Waals surface area (Å²) in [6, 6.07) is 0. The summed E-state index contributed by atoms with van der Waals surface area (Å²) in [4.78, 5) is 11.6. The molecule has 0 spiro atoms. The normalized spacial score (nSPS) is 15.1. The zero-order valence-corrected chi connectivity index (χ0v) is 12.7. The second-order valence-electron chi connectivity index (χ2n) is 4.34. The van der Waals surface area contributed by atoms with Crippen LogP contribution >= 0.6 is 27.0 Å². The van der Waals surface area contributed by atoms with Gasteiger partial charge >= 0.3 is 5.97 Å². The number of ether oxygens (including phenoxy) is 1. The van der Waals surface area contributed by atoms with E-state index < -0.39 is 11.7 Å². The van der Waals surface area contributed by atoms with E-state index in [9.17, 15) is 4.79 Å². The van der Waals surface area contributed by atoms with Crippen LogP contribution in [0.15, 0.2) is 0 Å². The van der Waals surface area contributed by atoms with Crippen LogP contribution in [0.25, 0.3) is 0 Å². The Balaban J connectivity index is 4.43. The number of rotatable bonds is 4. The van der Waals surface area contributed by atoms with E-state index in [4.69, 9.17) is 15.8 Å². The predicted octanol–water partition coefficient (Wildman–Crippen LogP) is 3.46. The fourth-order valence-electron chi connectivity index (χ4n) is 0.978. The van der Waals surface area contributed by atoms with Gasteiger partial charge in [-0.2, -0.15) is 11.1 Å². The molecule has 0 rings (SSSR count). The summed E-state index contributed by atoms with van der Waals surface area (Å²) in [5.41, 5.74) is -0.117. The Labute approximate surface area is 100 Å². The maximum absolute atomic E-state index is 11.6. The molecule has 84 valence electrons. The highest BCUT2D eigenvalue weighted by molar-refractivity contribution is 9.10. The number of carbonyl (C=O) groups is 1. The summed E-state index contributed by atoms with van der Waals surface area (Å²) in [5, 5.41) is 0. The molecular weight excluding hydrogens is 284 g/mol. The van der Waals surface area contributed by atoms with Gasteiger partial charge in [-0.25, -0.2) is 0 Å². The van der Waals surface area contributed by atoms with Crippen molar-refractivity contribution in [2.75, 3.05) is 0 Å². The third-order valence-electron chi connectivity index (χ3n) is 1.87. The van der Waals surface area contributed by atoms with E-state index in [2.05, 4.69) is 15.9 Å². The first-order valence-electron chi connectivity index (χ1n) is 4.68. The van der Waals surface area contributed by atoms with Crippen molar-refractivity contribution in [3.8, 4) is 0 Å². The molecule has 1 atom stereocenters. The minimum absolute atomic E-state index is 0.117. The van der Waals surface area contributed by atoms with Crippen molar-refractivity contribution in [2.24, 2.45) is 0 Å². The largest absolute Gasteiger partial charge is 0.464 e. The lowest BCUT2D eigenvalue weighted by Gasteiger charge is -2.27. The van der Waals surface area contributed by atoms with Crippen LogP contribution in [0.3, 0.4) is 0 Å². The molecule has 0 aliphatic rings. The third kappa shape index (κ3) is 4.80. The van der Waals surface area contributed by atoms with Crippen LogP contribution in [-0.4, -0.2) is 23.4 Å². The van der Waals surface area contributed by atoms with Crippen LogP contribution in [0.1, 0.15) is 27.2 Å². The first-order chi connectivity index (χ1) is 6.09. The van der Waals surface area contributed by atoms with Crippen LogP contribution in [0.4, 0.5) is 0 Å². The summed E-state index contributed by atoms with van der Waals surface area (Å²) in [5.74, 6) is -0.245. The molecule has 0 aliphatic heterocycles. The van der Waals surface area contributed by atoms with E-state index in [1.807, 2.05) is 20.0 Å². The lowest BCUT2D eigenvalue weighted by molar-refractivity contribution is -0.147. The van der Waals surface area contributed by atoms with Gasteiger partial charge in [0.1, 0.15) is 10.1 Å². The van der Waals surface area contributed by atoms with E-state index in [1.54, 1.807) is 13.8 Å². The van der Waals surface area contributed by atoms with Gasteiger partial charge in [0, 0.05) is 0 Å². The molecule has 0 N–H and O–H groups in total. The molecule has 0 saturated carbocycles. The van der Waals surface area contributed by atoms with Crippen molar-refractivity contribution in [1.82, 2.24) is 0 Å². The standard InChI is InChI=1S/C9H18BrClO2Si/c1-6-7(14(4,5)11)13-8(12)9(2,3)10/h7H,6H2,1-5H3. The van der Waals surface area contributed by atoms with E-state index in [0.717, 1.165) is 6.42 Å². The summed E-state index contributed by atoms with van der Waals surface area (Å²) in [6.45, 7) is 9.49. The Morgan fingerprint density at radius 1 is 1.57 bits per heavy atom. The smallest absolute Gasteiger partial charge is 0.322 e. The molecule has 0 amide bonds. The summed E-state index contributed by atoms with van der Waals surface area (Å²) < 4.78 is 4.74. The van der Waals surface area contributed by atoms with Crippen molar-refractivity contribution >= 4 is 40.4 Å². The monoisotopic (exact) mass is 300 g/mol. The molecule has 1 unspecified atom stereocenters. The number of hydrogen-bond donors (Lipinski definition) is 0. The molecule has 0 aromatic heterocycles. The zero-order valence-electron chi connectivity index (χ0n) is 9.36. The average Bonchev–Trinajstić information content (AvgIpc) is 1.95. The average molecular weight is 302 g/mol. The van der Waals surface area contributed by atoms with Crippen LogP contribution in [0, 0.1) is 0 Å². The molecule has 14 heavy (non-hydrogen) atoms. The second-order valence-corrected chi connectivity index (χ2v) is 13.0. The first-order valence-corrected chi connectivity index (χ1v) is 9.56. The maximum atomic E-state index is 11.6. The van der Waals surface area contributed by atoms with Gasteiger partial charge in [0.05, 0.1) is 0 Å². The van der Waals surface area contributed by atoms with Crippen LogP contribution in [0.2, 0.25) is 13.1 Å². The topological polar surface area (TPSA) is 26.3 Å². The van der Waals surface area contributed by atoms with Crippen LogP contribution in [0.5, 0.6) is 0 Å². The molecule has 5 heteroatoms. The summed E-state index contributed by atoms with van der Waals surface area (Å²) in [7, 11) is -1.92. The van der Waals surface area contributed by atoms with Gasteiger partial charge in [-0.05, 0) is 20.3 Å². The molecule has 0 saturated heterocycles. The first kappa shape index (κ1) is 14.5. The quantitative estimate of drug-likeness (QED) is 0.344. The van der Waals surface area contributed by atoms with E-state index in [0.29, 0.717) is 0 Å². The van der Waals surface area contributed by atoms with Crippen LogP contribution in [-0.2, 0) is 9.53 Å². The summed E-state index contributed by atoms with van der Waals surface area (Å²) in [6.07, 6.45) is 0.775. The van der Waals surface area contributed by atoms with Gasteiger partial charge in [-0.1, -0.05) is 35.9 Å². The molecular formula is C9H18BrClO2Si. The molecule has 0 fully saturated rings. The number of alkyl halides is 1. The fraction of sp³-hybridized carbons (Fsp3) is 0.889. The van der Waals surface area contributed by atoms with Gasteiger partial charge < -0.3 is 4.74 Å². The van der Waals surface area contributed by atoms with Gasteiger partial charge in [0.15, 0.2) is 7.38 Å². The predicted molar refractivity (Wildman–Crippen MR) is 66.5 cm³/mol. The zero-order chi connectivity index (χ0) is 11.6. The molecule has 0 aliphatic carbocycles. The Morgan fingerprint density at radius 2 is 2.00 bits per heavy atom. The molecule has 0 aromatic rings. The molecule has 0 radical (unpaired) electrons. The lowest BCUT2D eigenvalue weighted by Crippen LogP contribution is -2.42. The highest BCUT2D eigenvalue weighted by atomic mass is 79.9. The highest BCUT2D eigenvalue weighted by Crippen LogP contribution is 2.24. The van der Waals surface area contributed by atoms with Crippen molar-refractivity contribution < 1.29 is 9.53 Å². The minimum atomic E-state index is -1.92. The van der Waals surface area contributed by atoms with E-state index in [1.165, 1.54) is 0 Å². The van der Waals surface area contributed by atoms with Gasteiger partial charge in [0.2, 0.25) is 0 Å². The van der Waals surface area contributed by atoms with Crippen LogP contribution < -0.4 is 0 Å². The van der Waals surface area contributed by atoms with Crippen molar-refractivity contribution in [3.05, 3.63) is 0 Å². The fourth-order valence-corrected chi connectivity index (χ4v) is 3.03. The van der Waals surface area contributed by atoms with Crippen molar-refractivity contribution in [2.45, 2.75) is 50.3 Å². The minimum Gasteiger partial charge on any atom is -0.464 e. The van der Waals surface area contributed by atoms with Gasteiger partial charge in [0.25, 0.3) is 0 Å². The summed E-state index contributed by atoms with van der Waals surface area (Å²) >= 11 is 9.51. The van der Waals surface area contributed by atoms with E-state index >= 15 is 0 Å². The SMILES string of the molecule is CCC(OC(=O)C(C)(C)Br)[Si](C)(C)Cl. The highest BCUT2D eigenvalue weighted by Gasteiger charge is 2.35. The van der Waals surface area contributed by atoms with Crippen molar-refractivity contribution in [3.63, 3.8) is 0 Å². The Morgan fingerprint density at radius 3 is 2.21 bits per heavy atom. The van der Waals surface area contributed by atoms with E-state index in [-0.39, 0.29) is 11.7 Å². The maximum Gasteiger partial charge on any atom is 0.322 e. The van der Waals surface area contributed by atoms with Gasteiger partial charge in [-0.3, -0.25) is 4.79 Å². The number of halogens is 2. The number of carbonyl (C=O) groups excluding carboxylic acids is 1.